The number of phenolic OH excluding ortho intramolecular Hbond substituents is 4. The quantitative estimate of drug-likeness (QED) is 0.164. The Morgan fingerprint density at radius 3 is 1.43 bits per heavy atom. The minimum Gasteiger partial charge on any atom is -0.504 e. The van der Waals surface area contributed by atoms with Gasteiger partial charge in [-0.2, -0.15) is 0 Å². The highest BCUT2D eigenvalue weighted by atomic mass is 16.6. The van der Waals surface area contributed by atoms with Gasteiger partial charge in [-0.1, -0.05) is 12.1 Å². The minimum absolute atomic E-state index is 0.162. The monoisotopic (exact) mass is 550 g/mol. The van der Waals surface area contributed by atoms with Crippen LogP contribution in [0.15, 0.2) is 36.4 Å². The summed E-state index contributed by atoms with van der Waals surface area (Å²) in [5.74, 6) is -2.31. The summed E-state index contributed by atoms with van der Waals surface area (Å²) in [6, 6.07) is 6.47. The fourth-order valence-electron chi connectivity index (χ4n) is 5.88. The smallest absolute Gasteiger partial charge is 0.331 e. The van der Waals surface area contributed by atoms with Crippen molar-refractivity contribution in [3.63, 3.8) is 0 Å². The van der Waals surface area contributed by atoms with E-state index in [1.54, 1.807) is 12.1 Å². The summed E-state index contributed by atoms with van der Waals surface area (Å²) < 4.78 is 11.6. The molecule has 0 aliphatic heterocycles. The maximum absolute atomic E-state index is 12.9. The summed E-state index contributed by atoms with van der Waals surface area (Å²) in [5.41, 5.74) is 2.35. The summed E-state index contributed by atoms with van der Waals surface area (Å²) in [5, 5.41) is 47.6. The lowest BCUT2D eigenvalue weighted by Crippen LogP contribution is -2.41. The molecule has 40 heavy (non-hydrogen) atoms. The molecule has 10 nitrogen and oxygen atoms in total. The number of benzene rings is 2. The lowest BCUT2D eigenvalue weighted by Gasteiger charge is -2.34. The standard InChI is InChI=1S/C30H34N2O8/c33-23-11-7-19-17(27(23)37)5-9-21(31-15-1-2-15)29(19)39-25(35)13-14-26(36)40-30-20-8-12-24(34)28(38)18(20)6-10-22(30)32-16-3-4-16/h7-8,11-16,21-22,29-34,37-38H,1-6,9-10H2/b14-13+. The van der Waals surface area contributed by atoms with Gasteiger partial charge < -0.3 is 40.5 Å². The third kappa shape index (κ3) is 5.46. The number of ether oxygens (including phenoxy) is 2. The van der Waals surface area contributed by atoms with Crippen molar-refractivity contribution in [3.8, 4) is 23.0 Å². The molecule has 4 unspecified atom stereocenters. The highest BCUT2D eigenvalue weighted by molar-refractivity contribution is 5.92. The van der Waals surface area contributed by atoms with E-state index in [0.29, 0.717) is 60.0 Å². The Kier molecular flexibility index (Phi) is 7.06. The molecule has 2 fully saturated rings. The van der Waals surface area contributed by atoms with Crippen molar-refractivity contribution in [3.05, 3.63) is 58.7 Å². The zero-order valence-corrected chi connectivity index (χ0v) is 22.0. The maximum atomic E-state index is 12.9. The predicted octanol–water partition coefficient (Wildman–Crippen LogP) is 3.07. The molecule has 4 aliphatic rings. The first kappa shape index (κ1) is 26.5. The second-order valence-electron chi connectivity index (χ2n) is 11.2. The zero-order chi connectivity index (χ0) is 28.0. The van der Waals surface area contributed by atoms with E-state index in [1.165, 1.54) is 12.1 Å². The van der Waals surface area contributed by atoms with E-state index < -0.39 is 24.1 Å². The third-order valence-electron chi connectivity index (χ3n) is 8.25. The molecule has 212 valence electrons. The molecule has 0 amide bonds. The highest BCUT2D eigenvalue weighted by Crippen LogP contribution is 2.43. The molecule has 4 atom stereocenters. The Morgan fingerprint density at radius 2 is 1.05 bits per heavy atom. The van der Waals surface area contributed by atoms with Crippen LogP contribution in [0.1, 0.15) is 73.0 Å². The van der Waals surface area contributed by atoms with E-state index in [-0.39, 0.29) is 35.1 Å². The second-order valence-corrected chi connectivity index (χ2v) is 11.2. The fourth-order valence-corrected chi connectivity index (χ4v) is 5.88. The van der Waals surface area contributed by atoms with Gasteiger partial charge in [-0.25, -0.2) is 9.59 Å². The van der Waals surface area contributed by atoms with Crippen LogP contribution in [0, 0.1) is 0 Å². The second kappa shape index (κ2) is 10.7. The Morgan fingerprint density at radius 1 is 0.650 bits per heavy atom. The van der Waals surface area contributed by atoms with Gasteiger partial charge in [0, 0.05) is 58.6 Å². The zero-order valence-electron chi connectivity index (χ0n) is 22.0. The topological polar surface area (TPSA) is 158 Å². The van der Waals surface area contributed by atoms with E-state index >= 15 is 0 Å². The van der Waals surface area contributed by atoms with E-state index in [0.717, 1.165) is 37.8 Å². The molecule has 4 aliphatic carbocycles. The van der Waals surface area contributed by atoms with Crippen LogP contribution in [-0.2, 0) is 31.9 Å². The summed E-state index contributed by atoms with van der Waals surface area (Å²) >= 11 is 0. The van der Waals surface area contributed by atoms with Crippen LogP contribution in [0.2, 0.25) is 0 Å². The maximum Gasteiger partial charge on any atom is 0.331 e. The molecule has 6 rings (SSSR count). The van der Waals surface area contributed by atoms with Crippen LogP contribution in [0.4, 0.5) is 0 Å². The van der Waals surface area contributed by atoms with Crippen molar-refractivity contribution >= 4 is 11.9 Å². The molecule has 2 aromatic carbocycles. The number of nitrogens with one attached hydrogen (secondary N) is 2. The summed E-state index contributed by atoms with van der Waals surface area (Å²) in [6.07, 6.45) is 7.16. The van der Waals surface area contributed by atoms with Gasteiger partial charge in [0.2, 0.25) is 0 Å². The molecular formula is C30H34N2O8. The van der Waals surface area contributed by atoms with Gasteiger partial charge in [0.05, 0.1) is 0 Å². The number of hydrogen-bond acceptors (Lipinski definition) is 10. The van der Waals surface area contributed by atoms with Crippen molar-refractivity contribution in [1.29, 1.82) is 0 Å². The molecule has 0 saturated heterocycles. The van der Waals surface area contributed by atoms with Crippen LogP contribution in [0.5, 0.6) is 23.0 Å². The summed E-state index contributed by atoms with van der Waals surface area (Å²) in [7, 11) is 0. The Balaban J connectivity index is 1.16. The average Bonchev–Trinajstić information content (AvgIpc) is 3.87. The highest BCUT2D eigenvalue weighted by Gasteiger charge is 2.39. The first-order valence-electron chi connectivity index (χ1n) is 14.0. The molecule has 0 spiro atoms. The lowest BCUT2D eigenvalue weighted by molar-refractivity contribution is -0.148. The number of rotatable bonds is 8. The van der Waals surface area contributed by atoms with Crippen molar-refractivity contribution in [2.24, 2.45) is 0 Å². The molecule has 0 radical (unpaired) electrons. The minimum atomic E-state index is -0.732. The number of esters is 2. The largest absolute Gasteiger partial charge is 0.504 e. The summed E-state index contributed by atoms with van der Waals surface area (Å²) in [6.45, 7) is 0. The molecular weight excluding hydrogens is 516 g/mol. The average molecular weight is 551 g/mol. The molecule has 2 saturated carbocycles. The lowest BCUT2D eigenvalue weighted by atomic mass is 9.84. The van der Waals surface area contributed by atoms with E-state index in [2.05, 4.69) is 10.6 Å². The molecule has 6 N–H and O–H groups in total. The van der Waals surface area contributed by atoms with Crippen LogP contribution in [0.3, 0.4) is 0 Å². The summed E-state index contributed by atoms with van der Waals surface area (Å²) in [4.78, 5) is 25.8. The van der Waals surface area contributed by atoms with Crippen LogP contribution < -0.4 is 10.6 Å². The van der Waals surface area contributed by atoms with Gasteiger partial charge in [0.1, 0.15) is 12.2 Å². The number of carbonyl (C=O) groups excluding carboxylic acids is 2. The molecule has 0 bridgehead atoms. The van der Waals surface area contributed by atoms with Crippen molar-refractivity contribution in [2.75, 3.05) is 0 Å². The van der Waals surface area contributed by atoms with Crippen LogP contribution >= 0.6 is 0 Å². The molecule has 0 aromatic heterocycles. The van der Waals surface area contributed by atoms with Gasteiger partial charge in [-0.3, -0.25) is 0 Å². The van der Waals surface area contributed by atoms with E-state index in [1.807, 2.05) is 0 Å². The Bertz CT molecular complexity index is 1250. The van der Waals surface area contributed by atoms with Crippen molar-refractivity contribution in [1.82, 2.24) is 10.6 Å². The third-order valence-corrected chi connectivity index (χ3v) is 8.25. The predicted molar refractivity (Wildman–Crippen MR) is 143 cm³/mol. The molecule has 2 aromatic rings. The molecule has 0 heterocycles. The van der Waals surface area contributed by atoms with E-state index in [9.17, 15) is 30.0 Å². The number of fused-ring (bicyclic) bond motifs is 2. The Hall–Kier alpha value is -3.76. The van der Waals surface area contributed by atoms with Gasteiger partial charge in [-0.05, 0) is 63.5 Å². The molecule has 10 heteroatoms. The van der Waals surface area contributed by atoms with E-state index in [4.69, 9.17) is 9.47 Å². The van der Waals surface area contributed by atoms with Crippen molar-refractivity contribution in [2.45, 2.75) is 87.7 Å². The number of carbonyl (C=O) groups is 2. The first-order chi connectivity index (χ1) is 19.3. The van der Waals surface area contributed by atoms with Gasteiger partial charge >= 0.3 is 11.9 Å². The normalized spacial score (nSPS) is 25.7. The SMILES string of the molecule is O=C(/C=C/C(=O)OC1c2ccc(O)c(O)c2CCC1NC1CC1)OC1c2ccc(O)c(O)c2CCC1NC1CC1. The number of hydrogen-bond donors (Lipinski definition) is 6. The number of phenols is 4. The van der Waals surface area contributed by atoms with Gasteiger partial charge in [0.15, 0.2) is 23.0 Å². The van der Waals surface area contributed by atoms with Gasteiger partial charge in [-0.15, -0.1) is 0 Å². The first-order valence-corrected chi connectivity index (χ1v) is 14.0. The number of aromatic hydroxyl groups is 4. The van der Waals surface area contributed by atoms with Crippen LogP contribution in [0.25, 0.3) is 0 Å². The van der Waals surface area contributed by atoms with Crippen LogP contribution in [-0.4, -0.2) is 56.5 Å². The van der Waals surface area contributed by atoms with Crippen molar-refractivity contribution < 1.29 is 39.5 Å². The van der Waals surface area contributed by atoms with Gasteiger partial charge in [0.25, 0.3) is 0 Å². The fraction of sp³-hybridized carbons (Fsp3) is 0.467. The Labute approximate surface area is 231 Å².